The van der Waals surface area contributed by atoms with Gasteiger partial charge >= 0.3 is 5.97 Å². The average molecular weight is 273 g/mol. The van der Waals surface area contributed by atoms with E-state index in [4.69, 9.17) is 5.11 Å². The number of carbonyl (C=O) groups is 1. The third-order valence-corrected chi connectivity index (χ3v) is 3.55. The quantitative estimate of drug-likeness (QED) is 0.870. The zero-order valence-corrected chi connectivity index (χ0v) is 9.88. The molecule has 1 aromatic rings. The number of aromatic carboxylic acids is 1. The van der Waals surface area contributed by atoms with Gasteiger partial charge in [-0.05, 0) is 28.8 Å². The summed E-state index contributed by atoms with van der Waals surface area (Å²) in [6.45, 7) is 0. The minimum absolute atomic E-state index is 0.307. The second kappa shape index (κ2) is 4.35. The lowest BCUT2D eigenvalue weighted by molar-refractivity contribution is 0.0694. The predicted octanol–water partition coefficient (Wildman–Crippen LogP) is 2.92. The van der Waals surface area contributed by atoms with E-state index in [-0.39, 0.29) is 0 Å². The molecule has 1 saturated carbocycles. The van der Waals surface area contributed by atoms with E-state index in [0.29, 0.717) is 16.1 Å². The Morgan fingerprint density at radius 1 is 1.40 bits per heavy atom. The van der Waals surface area contributed by atoms with E-state index < -0.39 is 5.97 Å². The summed E-state index contributed by atoms with van der Waals surface area (Å²) in [5, 5.41) is 15.8. The van der Waals surface area contributed by atoms with Crippen LogP contribution in [0.25, 0.3) is 0 Å². The van der Waals surface area contributed by atoms with Gasteiger partial charge in [-0.3, -0.25) is 5.10 Å². The molecule has 1 aliphatic carbocycles. The summed E-state index contributed by atoms with van der Waals surface area (Å²) in [6.07, 6.45) is 5.75. The first-order chi connectivity index (χ1) is 7.20. The molecule has 0 amide bonds. The van der Waals surface area contributed by atoms with Crippen LogP contribution in [0, 0.1) is 0 Å². The molecule has 1 fully saturated rings. The highest BCUT2D eigenvalue weighted by atomic mass is 79.9. The minimum Gasteiger partial charge on any atom is -0.478 e. The van der Waals surface area contributed by atoms with E-state index in [2.05, 4.69) is 26.1 Å². The van der Waals surface area contributed by atoms with Crippen LogP contribution in [0.3, 0.4) is 0 Å². The van der Waals surface area contributed by atoms with Crippen LogP contribution in [0.15, 0.2) is 4.60 Å². The van der Waals surface area contributed by atoms with E-state index in [1.807, 2.05) is 0 Å². The minimum atomic E-state index is -0.906. The highest BCUT2D eigenvalue weighted by Crippen LogP contribution is 2.35. The Balaban J connectivity index is 2.30. The molecule has 15 heavy (non-hydrogen) atoms. The maximum absolute atomic E-state index is 11.1. The molecule has 0 aromatic carbocycles. The summed E-state index contributed by atoms with van der Waals surface area (Å²) >= 11 is 3.16. The van der Waals surface area contributed by atoms with Crippen LogP contribution >= 0.6 is 15.9 Å². The number of nitrogens with zero attached hydrogens (tertiary/aromatic N) is 1. The highest BCUT2D eigenvalue weighted by molar-refractivity contribution is 9.10. The van der Waals surface area contributed by atoms with Gasteiger partial charge < -0.3 is 5.11 Å². The normalized spacial score (nSPS) is 17.9. The first-order valence-electron chi connectivity index (χ1n) is 5.17. The van der Waals surface area contributed by atoms with Crippen molar-refractivity contribution >= 4 is 21.9 Å². The summed E-state index contributed by atoms with van der Waals surface area (Å²) in [5.41, 5.74) is 1.09. The predicted molar refractivity (Wildman–Crippen MR) is 59.1 cm³/mol. The molecule has 1 heterocycles. The Morgan fingerprint density at radius 3 is 2.67 bits per heavy atom. The summed E-state index contributed by atoms with van der Waals surface area (Å²) in [5.74, 6) is -0.570. The number of hydrogen-bond acceptors (Lipinski definition) is 2. The molecule has 0 unspecified atom stereocenters. The standard InChI is InChI=1S/C10H13BrN2O2/c11-9-7(10(14)15)8(12-13-9)6-4-2-1-3-5-6/h6H,1-5H2,(H,12,13)(H,14,15). The fourth-order valence-corrected chi connectivity index (χ4v) is 2.69. The lowest BCUT2D eigenvalue weighted by Gasteiger charge is -2.20. The molecule has 82 valence electrons. The lowest BCUT2D eigenvalue weighted by Crippen LogP contribution is -2.10. The van der Waals surface area contributed by atoms with Crippen molar-refractivity contribution in [1.29, 1.82) is 0 Å². The van der Waals surface area contributed by atoms with Crippen LogP contribution in [0.4, 0.5) is 0 Å². The largest absolute Gasteiger partial charge is 0.478 e. The van der Waals surface area contributed by atoms with Gasteiger partial charge in [0.2, 0.25) is 0 Å². The molecule has 0 saturated heterocycles. The molecule has 1 aliphatic rings. The van der Waals surface area contributed by atoms with Crippen LogP contribution in [-0.4, -0.2) is 21.3 Å². The number of rotatable bonds is 2. The van der Waals surface area contributed by atoms with Gasteiger partial charge in [0.15, 0.2) is 0 Å². The van der Waals surface area contributed by atoms with E-state index in [0.717, 1.165) is 18.5 Å². The van der Waals surface area contributed by atoms with Gasteiger partial charge in [0.25, 0.3) is 0 Å². The molecular formula is C10H13BrN2O2. The van der Waals surface area contributed by atoms with Gasteiger partial charge in [0.05, 0.1) is 5.69 Å². The molecule has 0 aliphatic heterocycles. The number of nitrogens with one attached hydrogen (secondary N) is 1. The fourth-order valence-electron chi connectivity index (χ4n) is 2.22. The average Bonchev–Trinajstić information content (AvgIpc) is 2.61. The fraction of sp³-hybridized carbons (Fsp3) is 0.600. The van der Waals surface area contributed by atoms with Crippen molar-refractivity contribution in [3.05, 3.63) is 15.9 Å². The Hall–Kier alpha value is -0.840. The monoisotopic (exact) mass is 272 g/mol. The van der Waals surface area contributed by atoms with Crippen molar-refractivity contribution in [3.63, 3.8) is 0 Å². The highest BCUT2D eigenvalue weighted by Gasteiger charge is 2.25. The van der Waals surface area contributed by atoms with Crippen LogP contribution in [0.1, 0.15) is 54.1 Å². The van der Waals surface area contributed by atoms with E-state index in [1.165, 1.54) is 19.3 Å². The molecule has 5 heteroatoms. The van der Waals surface area contributed by atoms with Crippen LogP contribution in [0.5, 0.6) is 0 Å². The molecule has 2 N–H and O–H groups in total. The number of aromatic amines is 1. The van der Waals surface area contributed by atoms with Gasteiger partial charge in [0, 0.05) is 5.92 Å². The summed E-state index contributed by atoms with van der Waals surface area (Å²) in [4.78, 5) is 11.1. The van der Waals surface area contributed by atoms with E-state index >= 15 is 0 Å². The summed E-state index contributed by atoms with van der Waals surface area (Å²) in [6, 6.07) is 0. The number of carboxylic acid groups (broad SMARTS) is 1. The third kappa shape index (κ3) is 2.07. The van der Waals surface area contributed by atoms with Gasteiger partial charge in [-0.25, -0.2) is 4.79 Å². The summed E-state index contributed by atoms with van der Waals surface area (Å²) in [7, 11) is 0. The van der Waals surface area contributed by atoms with Gasteiger partial charge in [-0.2, -0.15) is 5.10 Å². The molecule has 0 atom stereocenters. The molecular weight excluding hydrogens is 260 g/mol. The van der Waals surface area contributed by atoms with Crippen molar-refractivity contribution < 1.29 is 9.90 Å². The smallest absolute Gasteiger partial charge is 0.340 e. The topological polar surface area (TPSA) is 66.0 Å². The van der Waals surface area contributed by atoms with Crippen LogP contribution in [-0.2, 0) is 0 Å². The van der Waals surface area contributed by atoms with Gasteiger partial charge in [-0.1, -0.05) is 19.3 Å². The maximum Gasteiger partial charge on any atom is 0.340 e. The first kappa shape index (κ1) is 10.7. The second-order valence-corrected chi connectivity index (χ2v) is 4.69. The third-order valence-electron chi connectivity index (χ3n) is 2.98. The Morgan fingerprint density at radius 2 is 2.07 bits per heavy atom. The lowest BCUT2D eigenvalue weighted by atomic mass is 9.85. The van der Waals surface area contributed by atoms with Crippen molar-refractivity contribution in [2.45, 2.75) is 38.0 Å². The molecule has 0 bridgehead atoms. The SMILES string of the molecule is O=C(O)c1c(Br)n[nH]c1C1CCCCC1. The zero-order chi connectivity index (χ0) is 10.8. The van der Waals surface area contributed by atoms with Gasteiger partial charge in [-0.15, -0.1) is 0 Å². The van der Waals surface area contributed by atoms with Crippen LogP contribution in [0.2, 0.25) is 0 Å². The van der Waals surface area contributed by atoms with Crippen LogP contribution < -0.4 is 0 Å². The Bertz CT molecular complexity index is 369. The Kier molecular flexibility index (Phi) is 3.09. The Labute approximate surface area is 96.2 Å². The van der Waals surface area contributed by atoms with Crippen molar-refractivity contribution in [2.24, 2.45) is 0 Å². The number of aromatic nitrogens is 2. The molecule has 1 aromatic heterocycles. The maximum atomic E-state index is 11.1. The number of carboxylic acids is 1. The van der Waals surface area contributed by atoms with Crippen molar-refractivity contribution in [2.75, 3.05) is 0 Å². The number of hydrogen-bond donors (Lipinski definition) is 2. The molecule has 4 nitrogen and oxygen atoms in total. The van der Waals surface area contributed by atoms with Crippen molar-refractivity contribution in [3.8, 4) is 0 Å². The molecule has 0 spiro atoms. The number of halogens is 1. The van der Waals surface area contributed by atoms with E-state index in [9.17, 15) is 4.79 Å². The van der Waals surface area contributed by atoms with Crippen molar-refractivity contribution in [1.82, 2.24) is 10.2 Å². The molecule has 0 radical (unpaired) electrons. The zero-order valence-electron chi connectivity index (χ0n) is 8.29. The molecule has 2 rings (SSSR count). The summed E-state index contributed by atoms with van der Waals surface area (Å²) < 4.78 is 0.413. The second-order valence-electron chi connectivity index (χ2n) is 3.94. The van der Waals surface area contributed by atoms with E-state index in [1.54, 1.807) is 0 Å². The number of H-pyrrole nitrogens is 1. The van der Waals surface area contributed by atoms with Gasteiger partial charge in [0.1, 0.15) is 10.2 Å². The first-order valence-corrected chi connectivity index (χ1v) is 5.96.